The number of methoxy groups -OCH3 is 1. The van der Waals surface area contributed by atoms with Gasteiger partial charge in [-0.3, -0.25) is 4.79 Å². The average molecular weight is 669 g/mol. The Morgan fingerprint density at radius 2 is 1.52 bits per heavy atom. The Bertz CT molecular complexity index is 1440. The van der Waals surface area contributed by atoms with E-state index in [1.165, 1.54) is 12.0 Å². The van der Waals surface area contributed by atoms with Crippen LogP contribution in [0.3, 0.4) is 0 Å². The molecular weight excluding hydrogens is 622 g/mol. The minimum Gasteiger partial charge on any atom is -0.497 e. The SMILES string of the molecule is CCCN(CCC)C(=O)CCNC(=O)NC(Cc1cc(F)cc(F)c1)C(O)CN(Cc1cccc(OC)c1)C(=O)OCc1ccccc1. The molecule has 0 fully saturated rings. The number of nitrogens with zero attached hydrogens (tertiary/aromatic N) is 2. The fraction of sp³-hybridized carbons (Fsp3) is 0.417. The number of aliphatic hydroxyl groups is 1. The number of hydrogen-bond donors (Lipinski definition) is 3. The van der Waals surface area contributed by atoms with Crippen LogP contribution in [0.2, 0.25) is 0 Å². The lowest BCUT2D eigenvalue weighted by Gasteiger charge is -2.30. The average Bonchev–Trinajstić information content (AvgIpc) is 3.06. The lowest BCUT2D eigenvalue weighted by Crippen LogP contribution is -2.53. The topological polar surface area (TPSA) is 120 Å². The van der Waals surface area contributed by atoms with Gasteiger partial charge in [-0.25, -0.2) is 18.4 Å². The number of carbonyl (C=O) groups excluding carboxylic acids is 3. The number of amides is 4. The van der Waals surface area contributed by atoms with Gasteiger partial charge in [0.2, 0.25) is 5.91 Å². The largest absolute Gasteiger partial charge is 0.497 e. The Kier molecular flexibility index (Phi) is 15.6. The van der Waals surface area contributed by atoms with Gasteiger partial charge in [0, 0.05) is 38.7 Å². The molecule has 0 heterocycles. The molecule has 12 heteroatoms. The van der Waals surface area contributed by atoms with Crippen molar-refractivity contribution in [1.29, 1.82) is 0 Å². The van der Waals surface area contributed by atoms with Crippen molar-refractivity contribution in [3.63, 3.8) is 0 Å². The molecule has 2 atom stereocenters. The fourth-order valence-corrected chi connectivity index (χ4v) is 5.19. The number of ether oxygens (including phenoxy) is 2. The van der Waals surface area contributed by atoms with Crippen molar-refractivity contribution in [3.05, 3.63) is 101 Å². The van der Waals surface area contributed by atoms with Crippen LogP contribution in [0.4, 0.5) is 18.4 Å². The summed E-state index contributed by atoms with van der Waals surface area (Å²) in [7, 11) is 1.52. The molecule has 0 aromatic heterocycles. The predicted molar refractivity (Wildman–Crippen MR) is 178 cm³/mol. The second-order valence-electron chi connectivity index (χ2n) is 11.5. The molecule has 0 saturated heterocycles. The van der Waals surface area contributed by atoms with Crippen LogP contribution in [0.5, 0.6) is 5.75 Å². The molecule has 3 aromatic rings. The van der Waals surface area contributed by atoms with Crippen molar-refractivity contribution >= 4 is 18.0 Å². The third-order valence-electron chi connectivity index (χ3n) is 7.50. The van der Waals surface area contributed by atoms with E-state index in [1.54, 1.807) is 29.2 Å². The molecule has 0 spiro atoms. The lowest BCUT2D eigenvalue weighted by molar-refractivity contribution is -0.131. The molecule has 0 saturated carbocycles. The third-order valence-corrected chi connectivity index (χ3v) is 7.50. The fourth-order valence-electron chi connectivity index (χ4n) is 5.19. The highest BCUT2D eigenvalue weighted by atomic mass is 19.1. The minimum absolute atomic E-state index is 0.0102. The van der Waals surface area contributed by atoms with Crippen LogP contribution in [0, 0.1) is 11.6 Å². The zero-order chi connectivity index (χ0) is 34.9. The summed E-state index contributed by atoms with van der Waals surface area (Å²) in [5.41, 5.74) is 1.65. The van der Waals surface area contributed by atoms with E-state index in [0.29, 0.717) is 24.4 Å². The number of halogens is 2. The van der Waals surface area contributed by atoms with Crippen molar-refractivity contribution in [2.45, 2.75) is 64.8 Å². The predicted octanol–water partition coefficient (Wildman–Crippen LogP) is 5.42. The summed E-state index contributed by atoms with van der Waals surface area (Å²) in [6.45, 7) is 4.98. The van der Waals surface area contributed by atoms with Gasteiger partial charge >= 0.3 is 12.1 Å². The summed E-state index contributed by atoms with van der Waals surface area (Å²) in [4.78, 5) is 42.1. The van der Waals surface area contributed by atoms with Gasteiger partial charge in [-0.15, -0.1) is 0 Å². The van der Waals surface area contributed by atoms with E-state index in [9.17, 15) is 28.3 Å². The molecule has 3 N–H and O–H groups in total. The van der Waals surface area contributed by atoms with Crippen molar-refractivity contribution in [2.75, 3.05) is 33.3 Å². The van der Waals surface area contributed by atoms with Gasteiger partial charge in [-0.05, 0) is 60.2 Å². The summed E-state index contributed by atoms with van der Waals surface area (Å²) < 4.78 is 39.1. The number of benzene rings is 3. The van der Waals surface area contributed by atoms with Crippen LogP contribution < -0.4 is 15.4 Å². The molecular formula is C36H46F2N4O6. The van der Waals surface area contributed by atoms with E-state index in [4.69, 9.17) is 9.47 Å². The second kappa shape index (κ2) is 19.8. The third kappa shape index (κ3) is 12.8. The number of hydrogen-bond acceptors (Lipinski definition) is 6. The molecule has 48 heavy (non-hydrogen) atoms. The van der Waals surface area contributed by atoms with Gasteiger partial charge in [-0.1, -0.05) is 56.3 Å². The Balaban J connectivity index is 1.78. The van der Waals surface area contributed by atoms with Crippen LogP contribution >= 0.6 is 0 Å². The van der Waals surface area contributed by atoms with E-state index in [0.717, 1.165) is 36.6 Å². The summed E-state index contributed by atoms with van der Waals surface area (Å²) in [6.07, 6.45) is -0.568. The number of aliphatic hydroxyl groups excluding tert-OH is 1. The number of rotatable bonds is 18. The van der Waals surface area contributed by atoms with Crippen molar-refractivity contribution in [2.24, 2.45) is 0 Å². The first-order valence-corrected chi connectivity index (χ1v) is 16.2. The first-order chi connectivity index (χ1) is 23.1. The van der Waals surface area contributed by atoms with Gasteiger partial charge in [0.15, 0.2) is 0 Å². The van der Waals surface area contributed by atoms with Gasteiger partial charge in [0.25, 0.3) is 0 Å². The number of carbonyl (C=O) groups is 3. The summed E-state index contributed by atoms with van der Waals surface area (Å²) in [6, 6.07) is 17.3. The van der Waals surface area contributed by atoms with Crippen molar-refractivity contribution in [3.8, 4) is 5.75 Å². The molecule has 3 rings (SSSR count). The first-order valence-electron chi connectivity index (χ1n) is 16.2. The van der Waals surface area contributed by atoms with Crippen molar-refractivity contribution in [1.82, 2.24) is 20.4 Å². The Hall–Kier alpha value is -4.71. The Labute approximate surface area is 281 Å². The molecule has 0 bridgehead atoms. The molecule has 0 aliphatic carbocycles. The molecule has 0 aliphatic rings. The second-order valence-corrected chi connectivity index (χ2v) is 11.5. The quantitative estimate of drug-likeness (QED) is 0.167. The Morgan fingerprint density at radius 1 is 0.854 bits per heavy atom. The van der Waals surface area contributed by atoms with E-state index in [2.05, 4.69) is 10.6 Å². The zero-order valence-corrected chi connectivity index (χ0v) is 27.8. The smallest absolute Gasteiger partial charge is 0.410 e. The maximum absolute atomic E-state index is 14.1. The zero-order valence-electron chi connectivity index (χ0n) is 27.8. The summed E-state index contributed by atoms with van der Waals surface area (Å²) in [5, 5.41) is 16.8. The summed E-state index contributed by atoms with van der Waals surface area (Å²) >= 11 is 0. The molecule has 3 aromatic carbocycles. The van der Waals surface area contributed by atoms with E-state index >= 15 is 0 Å². The van der Waals surface area contributed by atoms with E-state index in [1.807, 2.05) is 44.2 Å². The van der Waals surface area contributed by atoms with Crippen LogP contribution in [-0.2, 0) is 29.1 Å². The van der Waals surface area contributed by atoms with Crippen LogP contribution in [0.1, 0.15) is 49.8 Å². The number of urea groups is 1. The highest BCUT2D eigenvalue weighted by Crippen LogP contribution is 2.18. The highest BCUT2D eigenvalue weighted by molar-refractivity contribution is 5.78. The standard InChI is InChI=1S/C36H46F2N4O6/c1-4-16-41(17-5-2)34(44)14-15-39-35(45)40-32(21-28-18-29(37)22-30(38)19-28)33(43)24-42(23-27-12-9-13-31(20-27)47-3)36(46)48-25-26-10-7-6-8-11-26/h6-13,18-20,22,32-33,43H,4-5,14-17,21,23-25H2,1-3H3,(H2,39,40,45). The molecule has 0 aliphatic heterocycles. The van der Waals surface area contributed by atoms with Gasteiger partial charge < -0.3 is 35.0 Å². The molecule has 0 radical (unpaired) electrons. The van der Waals surface area contributed by atoms with Gasteiger partial charge in [0.1, 0.15) is 24.0 Å². The lowest BCUT2D eigenvalue weighted by atomic mass is 10.0. The first kappa shape index (κ1) is 37.7. The van der Waals surface area contributed by atoms with E-state index < -0.39 is 35.9 Å². The molecule has 10 nitrogen and oxygen atoms in total. The monoisotopic (exact) mass is 668 g/mol. The van der Waals surface area contributed by atoms with E-state index in [-0.39, 0.29) is 50.6 Å². The molecule has 260 valence electrons. The maximum Gasteiger partial charge on any atom is 0.410 e. The van der Waals surface area contributed by atoms with Gasteiger partial charge in [-0.2, -0.15) is 0 Å². The van der Waals surface area contributed by atoms with Crippen LogP contribution in [-0.4, -0.2) is 78.4 Å². The van der Waals surface area contributed by atoms with Crippen LogP contribution in [0.25, 0.3) is 0 Å². The normalized spacial score (nSPS) is 12.0. The van der Waals surface area contributed by atoms with Gasteiger partial charge in [0.05, 0.1) is 25.8 Å². The Morgan fingerprint density at radius 3 is 2.17 bits per heavy atom. The number of nitrogens with one attached hydrogen (secondary N) is 2. The van der Waals surface area contributed by atoms with Crippen molar-refractivity contribution < 1.29 is 37.7 Å². The molecule has 4 amide bonds. The highest BCUT2D eigenvalue weighted by Gasteiger charge is 2.28. The molecule has 2 unspecified atom stereocenters. The summed E-state index contributed by atoms with van der Waals surface area (Å²) in [5.74, 6) is -1.14. The van der Waals surface area contributed by atoms with Crippen LogP contribution in [0.15, 0.2) is 72.8 Å². The maximum atomic E-state index is 14.1. The minimum atomic E-state index is -1.40.